The Balaban J connectivity index is 1.86. The number of aldehydes is 1. The molecule has 21 heavy (non-hydrogen) atoms. The Labute approximate surface area is 131 Å². The Bertz CT molecular complexity index is 613. The fourth-order valence-corrected chi connectivity index (χ4v) is 2.26. The average molecular weight is 351 g/mol. The number of methoxy groups -OCH3 is 1. The molecule has 5 heteroatoms. The minimum absolute atomic E-state index is 0.386. The first-order valence-electron chi connectivity index (χ1n) is 6.38. The van der Waals surface area contributed by atoms with Gasteiger partial charge in [-0.1, -0.05) is 12.1 Å². The first-order valence-corrected chi connectivity index (χ1v) is 7.17. The van der Waals surface area contributed by atoms with Crippen LogP contribution in [0.1, 0.15) is 10.4 Å². The molecule has 0 saturated carbocycles. The Morgan fingerprint density at radius 3 is 2.29 bits per heavy atom. The Hall–Kier alpha value is -2.01. The summed E-state index contributed by atoms with van der Waals surface area (Å²) in [5.41, 5.74) is 0.597. The van der Waals surface area contributed by atoms with E-state index in [4.69, 9.17) is 14.2 Å². The van der Waals surface area contributed by atoms with Crippen molar-refractivity contribution < 1.29 is 19.0 Å². The van der Waals surface area contributed by atoms with Crippen molar-refractivity contribution in [2.75, 3.05) is 20.3 Å². The highest BCUT2D eigenvalue weighted by molar-refractivity contribution is 9.10. The van der Waals surface area contributed by atoms with Crippen molar-refractivity contribution in [2.45, 2.75) is 0 Å². The van der Waals surface area contributed by atoms with Crippen molar-refractivity contribution >= 4 is 22.2 Å². The van der Waals surface area contributed by atoms with Crippen LogP contribution in [0, 0.1) is 0 Å². The van der Waals surface area contributed by atoms with Crippen LogP contribution in [0.4, 0.5) is 0 Å². The fourth-order valence-electron chi connectivity index (χ4n) is 1.75. The van der Waals surface area contributed by atoms with Gasteiger partial charge in [0.15, 0.2) is 11.5 Å². The van der Waals surface area contributed by atoms with E-state index in [-0.39, 0.29) is 0 Å². The van der Waals surface area contributed by atoms with E-state index in [0.717, 1.165) is 10.8 Å². The largest absolute Gasteiger partial charge is 0.493 e. The minimum Gasteiger partial charge on any atom is -0.493 e. The van der Waals surface area contributed by atoms with Gasteiger partial charge in [0.1, 0.15) is 25.2 Å². The number of hydrogen-bond acceptors (Lipinski definition) is 4. The highest BCUT2D eigenvalue weighted by Gasteiger charge is 2.04. The van der Waals surface area contributed by atoms with Crippen LogP contribution in [0.25, 0.3) is 0 Å². The van der Waals surface area contributed by atoms with Crippen LogP contribution in [0.3, 0.4) is 0 Å². The van der Waals surface area contributed by atoms with E-state index < -0.39 is 0 Å². The predicted octanol–water partition coefficient (Wildman–Crippen LogP) is 3.73. The Morgan fingerprint density at radius 1 is 1.00 bits per heavy atom. The summed E-state index contributed by atoms with van der Waals surface area (Å²) >= 11 is 3.36. The highest BCUT2D eigenvalue weighted by Crippen LogP contribution is 2.27. The van der Waals surface area contributed by atoms with Gasteiger partial charge in [-0.25, -0.2) is 0 Å². The maximum absolute atomic E-state index is 10.7. The van der Waals surface area contributed by atoms with Gasteiger partial charge in [0.05, 0.1) is 11.6 Å². The lowest BCUT2D eigenvalue weighted by atomic mass is 10.2. The van der Waals surface area contributed by atoms with E-state index in [9.17, 15) is 4.79 Å². The molecule has 0 saturated heterocycles. The van der Waals surface area contributed by atoms with Gasteiger partial charge in [-0.2, -0.15) is 0 Å². The molecule has 0 fully saturated rings. The van der Waals surface area contributed by atoms with E-state index in [1.54, 1.807) is 25.3 Å². The molecule has 0 aliphatic heterocycles. The van der Waals surface area contributed by atoms with Crippen molar-refractivity contribution in [1.29, 1.82) is 0 Å². The molecule has 2 aromatic rings. The molecular weight excluding hydrogens is 336 g/mol. The molecule has 0 unspecified atom stereocenters. The van der Waals surface area contributed by atoms with Crippen molar-refractivity contribution in [3.05, 3.63) is 52.5 Å². The lowest BCUT2D eigenvalue weighted by Gasteiger charge is -2.12. The van der Waals surface area contributed by atoms with E-state index in [2.05, 4.69) is 15.9 Å². The molecule has 4 nitrogen and oxygen atoms in total. The van der Waals surface area contributed by atoms with Gasteiger partial charge in [-0.05, 0) is 46.3 Å². The van der Waals surface area contributed by atoms with Gasteiger partial charge < -0.3 is 14.2 Å². The van der Waals surface area contributed by atoms with Crippen molar-refractivity contribution in [3.8, 4) is 17.2 Å². The minimum atomic E-state index is 0.386. The molecule has 0 atom stereocenters. The lowest BCUT2D eigenvalue weighted by Crippen LogP contribution is -2.09. The number of para-hydroxylation sites is 2. The molecule has 110 valence electrons. The number of ether oxygens (including phenoxy) is 3. The number of carbonyl (C=O) groups excluding carboxylic acids is 1. The van der Waals surface area contributed by atoms with Gasteiger partial charge in [-0.3, -0.25) is 4.79 Å². The second-order valence-corrected chi connectivity index (χ2v) is 5.01. The summed E-state index contributed by atoms with van der Waals surface area (Å²) in [5.74, 6) is 2.04. The molecule has 0 amide bonds. The number of hydrogen-bond donors (Lipinski definition) is 0. The Morgan fingerprint density at radius 2 is 1.67 bits per heavy atom. The summed E-state index contributed by atoms with van der Waals surface area (Å²) in [4.78, 5) is 10.7. The van der Waals surface area contributed by atoms with Crippen LogP contribution in [0.15, 0.2) is 46.9 Å². The second-order valence-electron chi connectivity index (χ2n) is 4.16. The van der Waals surface area contributed by atoms with Crippen molar-refractivity contribution in [3.63, 3.8) is 0 Å². The molecule has 0 bridgehead atoms. The molecule has 0 radical (unpaired) electrons. The van der Waals surface area contributed by atoms with Crippen LogP contribution in [0.5, 0.6) is 17.2 Å². The maximum Gasteiger partial charge on any atom is 0.161 e. The van der Waals surface area contributed by atoms with Gasteiger partial charge in [0.25, 0.3) is 0 Å². The van der Waals surface area contributed by atoms with Crippen LogP contribution in [-0.2, 0) is 0 Å². The number of rotatable bonds is 7. The van der Waals surface area contributed by atoms with Gasteiger partial charge in [0.2, 0.25) is 0 Å². The van der Waals surface area contributed by atoms with E-state index in [0.29, 0.717) is 36.0 Å². The smallest absolute Gasteiger partial charge is 0.161 e. The fraction of sp³-hybridized carbons (Fsp3) is 0.188. The summed E-state index contributed by atoms with van der Waals surface area (Å²) in [6.07, 6.45) is 0.791. The second kappa shape index (κ2) is 7.69. The van der Waals surface area contributed by atoms with Gasteiger partial charge in [0, 0.05) is 5.56 Å². The number of benzene rings is 2. The third kappa shape index (κ3) is 4.23. The topological polar surface area (TPSA) is 44.8 Å². The van der Waals surface area contributed by atoms with E-state index in [1.807, 2.05) is 24.3 Å². The zero-order chi connectivity index (χ0) is 15.1. The summed E-state index contributed by atoms with van der Waals surface area (Å²) in [7, 11) is 1.60. The molecule has 0 aromatic heterocycles. The van der Waals surface area contributed by atoms with E-state index in [1.165, 1.54) is 0 Å². The van der Waals surface area contributed by atoms with Gasteiger partial charge >= 0.3 is 0 Å². The molecular formula is C16H15BrO4. The molecule has 0 heterocycles. The van der Waals surface area contributed by atoms with E-state index >= 15 is 0 Å². The van der Waals surface area contributed by atoms with Crippen LogP contribution in [0.2, 0.25) is 0 Å². The normalized spacial score (nSPS) is 10.0. The van der Waals surface area contributed by atoms with Crippen molar-refractivity contribution in [2.24, 2.45) is 0 Å². The van der Waals surface area contributed by atoms with Gasteiger partial charge in [-0.15, -0.1) is 0 Å². The summed E-state index contributed by atoms with van der Waals surface area (Å²) in [5, 5.41) is 0. The third-order valence-electron chi connectivity index (χ3n) is 2.76. The first kappa shape index (κ1) is 15.4. The zero-order valence-corrected chi connectivity index (χ0v) is 13.1. The third-order valence-corrected chi connectivity index (χ3v) is 3.38. The first-order chi connectivity index (χ1) is 10.2. The van der Waals surface area contributed by atoms with Crippen molar-refractivity contribution in [1.82, 2.24) is 0 Å². The standard InChI is InChI=1S/C16H15BrO4/c1-19-15-4-2-3-5-16(15)21-9-8-20-14-7-6-12(11-18)10-13(14)17/h2-7,10-11H,8-9H2,1H3. The molecule has 0 aliphatic carbocycles. The molecule has 0 spiro atoms. The number of carbonyl (C=O) groups is 1. The lowest BCUT2D eigenvalue weighted by molar-refractivity contribution is 0.112. The summed E-state index contributed by atoms with van der Waals surface area (Å²) in [6, 6.07) is 12.6. The van der Waals surface area contributed by atoms with Crippen LogP contribution >= 0.6 is 15.9 Å². The highest BCUT2D eigenvalue weighted by atomic mass is 79.9. The quantitative estimate of drug-likeness (QED) is 0.563. The molecule has 0 N–H and O–H groups in total. The van der Waals surface area contributed by atoms with Crippen LogP contribution < -0.4 is 14.2 Å². The number of halogens is 1. The Kier molecular flexibility index (Phi) is 5.63. The zero-order valence-electron chi connectivity index (χ0n) is 11.5. The SMILES string of the molecule is COc1ccccc1OCCOc1ccc(C=O)cc1Br. The molecule has 2 aromatic carbocycles. The van der Waals surface area contributed by atoms with Crippen LogP contribution in [-0.4, -0.2) is 26.6 Å². The molecule has 2 rings (SSSR count). The average Bonchev–Trinajstić information content (AvgIpc) is 2.53. The summed E-state index contributed by atoms with van der Waals surface area (Å²) in [6.45, 7) is 0.777. The maximum atomic E-state index is 10.7. The molecule has 0 aliphatic rings. The summed E-state index contributed by atoms with van der Waals surface area (Å²) < 4.78 is 17.2. The predicted molar refractivity (Wildman–Crippen MR) is 83.5 cm³/mol. The monoisotopic (exact) mass is 350 g/mol.